The zero-order chi connectivity index (χ0) is 45.4. The molecule has 1 aliphatic carbocycles. The van der Waals surface area contributed by atoms with Gasteiger partial charge in [0, 0.05) is 12.4 Å². The smallest absolute Gasteiger partial charge is 0.335 e. The van der Waals surface area contributed by atoms with Crippen molar-refractivity contribution in [2.24, 2.45) is 17.8 Å². The molecule has 1 aliphatic rings. The number of carbonyl (C=O) groups is 8. The normalized spacial score (nSPS) is 15.5. The Kier molecular flexibility index (Phi) is 19.2. The van der Waals surface area contributed by atoms with Crippen molar-refractivity contribution in [1.29, 1.82) is 0 Å². The summed E-state index contributed by atoms with van der Waals surface area (Å²) in [6, 6.07) is -1.94. The number of aromatic nitrogens is 2. The third-order valence-corrected chi connectivity index (χ3v) is 12.1. The van der Waals surface area contributed by atoms with Gasteiger partial charge in [-0.2, -0.15) is 0 Å². The molecule has 0 spiro atoms. The maximum absolute atomic E-state index is 14.1. The van der Waals surface area contributed by atoms with E-state index in [0.29, 0.717) is 6.42 Å². The third-order valence-electron chi connectivity index (χ3n) is 10.2. The van der Waals surface area contributed by atoms with Crippen molar-refractivity contribution < 1.29 is 51.9 Å². The van der Waals surface area contributed by atoms with E-state index in [2.05, 4.69) is 31.2 Å². The van der Waals surface area contributed by atoms with E-state index < -0.39 is 104 Å². The number of carbonyl (C=O) groups excluding carboxylic acids is 7. The first-order valence-corrected chi connectivity index (χ1v) is 22.0. The number of hydrogen-bond donors (Lipinski definition) is 7. The topological polar surface area (TPSA) is 289 Å². The molecule has 1 fully saturated rings. The molecule has 3 rings (SSSR count). The molecule has 19 nitrogen and oxygen atoms in total. The maximum Gasteiger partial charge on any atom is 0.335 e. The van der Waals surface area contributed by atoms with Crippen LogP contribution in [0.15, 0.2) is 41.7 Å². The molecule has 1 aromatic heterocycles. The predicted molar refractivity (Wildman–Crippen MR) is 221 cm³/mol. The summed E-state index contributed by atoms with van der Waals surface area (Å²) in [7, 11) is -4.70. The summed E-state index contributed by atoms with van der Waals surface area (Å²) in [6.07, 6.45) is 9.26. The first kappa shape index (κ1) is 49.9. The summed E-state index contributed by atoms with van der Waals surface area (Å²) < 4.78 is 27.2. The molecule has 1 saturated carbocycles. The molecule has 0 saturated heterocycles. The van der Waals surface area contributed by atoms with E-state index in [4.69, 9.17) is 11.6 Å². The number of halogens is 1. The van der Waals surface area contributed by atoms with Gasteiger partial charge in [-0.05, 0) is 55.2 Å². The zero-order valence-corrected chi connectivity index (χ0v) is 36.4. The van der Waals surface area contributed by atoms with Crippen molar-refractivity contribution in [2.45, 2.75) is 121 Å². The van der Waals surface area contributed by atoms with Gasteiger partial charge in [0.05, 0.1) is 29.4 Å². The highest BCUT2D eigenvalue weighted by Gasteiger charge is 2.36. The van der Waals surface area contributed by atoms with E-state index in [1.807, 2.05) is 26.1 Å². The van der Waals surface area contributed by atoms with Gasteiger partial charge >= 0.3 is 5.97 Å². The minimum absolute atomic E-state index is 0.00250. The quantitative estimate of drug-likeness (QED) is 0.0835. The molecule has 6 amide bonds. The van der Waals surface area contributed by atoms with Gasteiger partial charge in [0.15, 0.2) is 0 Å². The lowest BCUT2D eigenvalue weighted by atomic mass is 9.84. The van der Waals surface area contributed by atoms with Gasteiger partial charge in [0.2, 0.25) is 23.5 Å². The van der Waals surface area contributed by atoms with Crippen LogP contribution < -0.4 is 31.3 Å². The molecule has 5 atom stereocenters. The number of Topliss-reactive ketones (excluding diaryl/α,β-unsaturated/α-hetero) is 1. The Morgan fingerprint density at radius 2 is 1.49 bits per heavy atom. The van der Waals surface area contributed by atoms with E-state index in [0.717, 1.165) is 50.3 Å². The second-order valence-electron chi connectivity index (χ2n) is 15.4. The fraction of sp³-hybridized carbons (Fsp3) is 0.550. The number of carboxylic acid groups (broad SMARTS) is 1. The Labute approximate surface area is 359 Å². The summed E-state index contributed by atoms with van der Waals surface area (Å²) in [5.41, 5.74) is -0.415. The van der Waals surface area contributed by atoms with E-state index >= 15 is 0 Å². The van der Waals surface area contributed by atoms with Crippen LogP contribution in [0.3, 0.4) is 0 Å². The van der Waals surface area contributed by atoms with Crippen LogP contribution in [0.4, 0.5) is 0 Å². The van der Waals surface area contributed by atoms with Crippen molar-refractivity contribution in [3.63, 3.8) is 0 Å². The fourth-order valence-electron chi connectivity index (χ4n) is 6.67. The Hall–Kier alpha value is -5.50. The Balaban J connectivity index is 1.74. The van der Waals surface area contributed by atoms with Crippen LogP contribution in [0.5, 0.6) is 0 Å². The summed E-state index contributed by atoms with van der Waals surface area (Å²) in [5.74, 6) is -8.29. The van der Waals surface area contributed by atoms with Gasteiger partial charge < -0.3 is 31.7 Å². The van der Waals surface area contributed by atoms with Gasteiger partial charge in [-0.1, -0.05) is 84.7 Å². The Morgan fingerprint density at radius 1 is 0.836 bits per heavy atom. The first-order chi connectivity index (χ1) is 28.8. The van der Waals surface area contributed by atoms with E-state index in [9.17, 15) is 51.9 Å². The second-order valence-corrected chi connectivity index (χ2v) is 17.5. The van der Waals surface area contributed by atoms with Gasteiger partial charge in [-0.15, -0.1) is 0 Å². The number of ketones is 1. The predicted octanol–water partition coefficient (Wildman–Crippen LogP) is 2.04. The number of hydrogen-bond acceptors (Lipinski definition) is 12. The molecule has 61 heavy (non-hydrogen) atoms. The lowest BCUT2D eigenvalue weighted by molar-refractivity contribution is -0.141. The van der Waals surface area contributed by atoms with Gasteiger partial charge in [-0.3, -0.25) is 38.5 Å². The highest BCUT2D eigenvalue weighted by molar-refractivity contribution is 7.90. The van der Waals surface area contributed by atoms with Crippen LogP contribution in [0, 0.1) is 17.8 Å². The molecular weight excluding hydrogens is 836 g/mol. The number of amides is 6. The average molecular weight is 891 g/mol. The van der Waals surface area contributed by atoms with Crippen LogP contribution >= 0.6 is 11.6 Å². The molecule has 21 heteroatoms. The van der Waals surface area contributed by atoms with Crippen LogP contribution in [-0.4, -0.2) is 101 Å². The van der Waals surface area contributed by atoms with E-state index in [1.54, 1.807) is 11.6 Å². The highest BCUT2D eigenvalue weighted by Crippen LogP contribution is 2.28. The number of nitrogens with zero attached hydrogens (tertiary/aromatic N) is 2. The van der Waals surface area contributed by atoms with Crippen molar-refractivity contribution in [3.05, 3.63) is 53.1 Å². The number of aromatic carboxylic acids is 1. The monoisotopic (exact) mass is 890 g/mol. The minimum Gasteiger partial charge on any atom is -0.478 e. The zero-order valence-electron chi connectivity index (χ0n) is 34.8. The third kappa shape index (κ3) is 15.2. The largest absolute Gasteiger partial charge is 0.478 e. The average Bonchev–Trinajstić information content (AvgIpc) is 3.22. The Bertz CT molecular complexity index is 2030. The van der Waals surface area contributed by atoms with Crippen molar-refractivity contribution in [1.82, 2.24) is 41.3 Å². The van der Waals surface area contributed by atoms with Crippen LogP contribution in [0.25, 0.3) is 0 Å². The number of rotatable bonds is 22. The maximum atomic E-state index is 14.1. The van der Waals surface area contributed by atoms with Gasteiger partial charge in [0.1, 0.15) is 28.7 Å². The molecule has 2 aromatic rings. The molecule has 0 bridgehead atoms. The molecule has 1 heterocycles. The molecule has 2 unspecified atom stereocenters. The van der Waals surface area contributed by atoms with Crippen molar-refractivity contribution in [3.8, 4) is 0 Å². The fourth-order valence-corrected chi connectivity index (χ4v) is 8.18. The number of carboxylic acids is 1. The van der Waals surface area contributed by atoms with E-state index in [1.165, 1.54) is 25.5 Å². The number of nitrogens with one attached hydrogen (secondary N) is 6. The highest BCUT2D eigenvalue weighted by atomic mass is 35.5. The number of sulfonamides is 1. The summed E-state index contributed by atoms with van der Waals surface area (Å²) in [6.45, 7) is 7.84. The summed E-state index contributed by atoms with van der Waals surface area (Å²) in [4.78, 5) is 112. The minimum atomic E-state index is -4.70. The van der Waals surface area contributed by atoms with Crippen molar-refractivity contribution >= 4 is 68.8 Å². The molecule has 1 aromatic carbocycles. The second kappa shape index (κ2) is 23.5. The van der Waals surface area contributed by atoms with Crippen LogP contribution in [0.2, 0.25) is 5.02 Å². The van der Waals surface area contributed by atoms with Gasteiger partial charge in [-0.25, -0.2) is 22.9 Å². The van der Waals surface area contributed by atoms with Gasteiger partial charge in [0.25, 0.3) is 27.7 Å². The molecular formula is C40H55ClN8O11S. The SMILES string of the molecule is CCC(C)C(NC(=O)[C@H](CC(C)C)NC(=O)c1cnccn1)C(=O)N[C@@H](CC1CCCCC1)C(=O)N[C@@H](CC)C(=O)C(=O)NCC(=O)NS(=O)(=O)c1cc(C(=O)O)ccc1Cl. The van der Waals surface area contributed by atoms with Crippen LogP contribution in [-0.2, 0) is 38.8 Å². The number of benzene rings is 1. The molecule has 0 radical (unpaired) electrons. The van der Waals surface area contributed by atoms with Crippen molar-refractivity contribution in [2.75, 3.05) is 6.54 Å². The van der Waals surface area contributed by atoms with Crippen LogP contribution in [0.1, 0.15) is 113 Å². The lowest BCUT2D eigenvalue weighted by Crippen LogP contribution is -2.60. The first-order valence-electron chi connectivity index (χ1n) is 20.2. The summed E-state index contributed by atoms with van der Waals surface area (Å²) >= 11 is 5.92. The standard InChI is InChI=1S/C40H55ClN8O11S/c1-6-23(5)33(48-36(53)28(17-22(3)4)46-37(54)30-20-42-15-16-43-30)38(55)47-29(18-24-11-9-8-10-12-24)35(52)45-27(7-2)34(51)39(56)44-21-32(50)49-61(59,60)31-19-25(40(57)58)13-14-26(31)41/h13-16,19-20,22-24,27-29,33H,6-12,17-18,21H2,1-5H3,(H,44,56)(H,45,52)(H,46,54)(H,47,55)(H,48,53)(H,49,50)(H,57,58)/t23?,27-,28-,29-,33?/m0/s1. The van der Waals surface area contributed by atoms with E-state index in [-0.39, 0.29) is 41.8 Å². The molecule has 0 aliphatic heterocycles. The Morgan fingerprint density at radius 3 is 2.08 bits per heavy atom. The molecule has 334 valence electrons. The molecule has 7 N–H and O–H groups in total. The summed E-state index contributed by atoms with van der Waals surface area (Å²) in [5, 5.41) is 21.6. The lowest BCUT2D eigenvalue weighted by Gasteiger charge is -2.31.